The van der Waals surface area contributed by atoms with E-state index in [-0.39, 0.29) is 5.57 Å². The number of methoxy groups -OCH3 is 1. The molecule has 0 aliphatic heterocycles. The van der Waals surface area contributed by atoms with Gasteiger partial charge in [-0.25, -0.2) is 4.79 Å². The number of carboxylic acid groups (broad SMARTS) is 1. The van der Waals surface area contributed by atoms with Gasteiger partial charge < -0.3 is 14.6 Å². The third-order valence-corrected chi connectivity index (χ3v) is 4.41. The summed E-state index contributed by atoms with van der Waals surface area (Å²) in [5.74, 6) is 1.20. The molecule has 4 nitrogen and oxygen atoms in total. The molecular weight excluding hydrogens is 336 g/mol. The van der Waals surface area contributed by atoms with E-state index in [1.54, 1.807) is 19.3 Å². The van der Waals surface area contributed by atoms with Crippen LogP contribution < -0.4 is 9.47 Å². The van der Waals surface area contributed by atoms with Gasteiger partial charge in [-0.2, -0.15) is 0 Å². The summed E-state index contributed by atoms with van der Waals surface area (Å²) in [7, 11) is 1.61. The van der Waals surface area contributed by atoms with Gasteiger partial charge in [-0.05, 0) is 59.5 Å². The summed E-state index contributed by atoms with van der Waals surface area (Å²) in [6.07, 6.45) is 1.66. The number of carboxylic acids is 1. The Morgan fingerprint density at radius 2 is 1.56 bits per heavy atom. The van der Waals surface area contributed by atoms with E-state index in [0.717, 1.165) is 16.2 Å². The minimum atomic E-state index is -0.944. The van der Waals surface area contributed by atoms with E-state index in [1.807, 2.05) is 60.0 Å². The highest BCUT2D eigenvalue weighted by molar-refractivity contribution is 7.11. The first-order chi connectivity index (χ1) is 12.2. The minimum Gasteiger partial charge on any atom is -0.497 e. The van der Waals surface area contributed by atoms with Gasteiger partial charge in [0.05, 0.1) is 12.7 Å². The van der Waals surface area contributed by atoms with Gasteiger partial charge in [0, 0.05) is 4.88 Å². The van der Waals surface area contributed by atoms with Gasteiger partial charge in [0.2, 0.25) is 0 Å². The van der Waals surface area contributed by atoms with Crippen LogP contribution in [-0.4, -0.2) is 18.2 Å². The second kappa shape index (κ2) is 7.68. The molecule has 1 N–H and O–H groups in total. The lowest BCUT2D eigenvalue weighted by atomic mass is 10.1. The fourth-order valence-corrected chi connectivity index (χ4v) is 2.98. The zero-order chi connectivity index (χ0) is 17.6. The van der Waals surface area contributed by atoms with Gasteiger partial charge in [0.15, 0.2) is 0 Å². The molecule has 3 aromatic rings. The highest BCUT2D eigenvalue weighted by atomic mass is 32.1. The van der Waals surface area contributed by atoms with Crippen molar-refractivity contribution >= 4 is 29.0 Å². The Balaban J connectivity index is 1.77. The van der Waals surface area contributed by atoms with E-state index in [0.29, 0.717) is 11.5 Å². The fourth-order valence-electron chi connectivity index (χ4n) is 2.25. The normalized spacial score (nSPS) is 11.2. The molecule has 2 aromatic carbocycles. The Hall–Kier alpha value is -3.05. The van der Waals surface area contributed by atoms with Gasteiger partial charge in [0.1, 0.15) is 17.2 Å². The van der Waals surface area contributed by atoms with Crippen molar-refractivity contribution in [1.29, 1.82) is 0 Å². The summed E-state index contributed by atoms with van der Waals surface area (Å²) in [5, 5.41) is 11.3. The SMILES string of the molecule is COc1ccc(Oc2ccc(/C=C(\C(=O)O)c3cccs3)cc2)cc1. The first-order valence-corrected chi connectivity index (χ1v) is 8.44. The molecule has 1 heterocycles. The van der Waals surface area contributed by atoms with Crippen molar-refractivity contribution < 1.29 is 19.4 Å². The fraction of sp³-hybridized carbons (Fsp3) is 0.0500. The molecule has 0 aliphatic carbocycles. The quantitative estimate of drug-likeness (QED) is 0.622. The average Bonchev–Trinajstić information content (AvgIpc) is 3.15. The molecule has 0 bridgehead atoms. The molecule has 0 saturated carbocycles. The first kappa shape index (κ1) is 16.8. The third-order valence-electron chi connectivity index (χ3n) is 3.50. The van der Waals surface area contributed by atoms with E-state index in [4.69, 9.17) is 9.47 Å². The molecule has 0 saturated heterocycles. The maximum atomic E-state index is 11.5. The van der Waals surface area contributed by atoms with E-state index < -0.39 is 5.97 Å². The van der Waals surface area contributed by atoms with Crippen molar-refractivity contribution in [1.82, 2.24) is 0 Å². The number of benzene rings is 2. The van der Waals surface area contributed by atoms with E-state index in [9.17, 15) is 9.90 Å². The first-order valence-electron chi connectivity index (χ1n) is 7.56. The van der Waals surface area contributed by atoms with Crippen molar-refractivity contribution in [2.75, 3.05) is 7.11 Å². The molecule has 0 atom stereocenters. The van der Waals surface area contributed by atoms with Crippen LogP contribution in [0.2, 0.25) is 0 Å². The van der Waals surface area contributed by atoms with Crippen LogP contribution in [0, 0.1) is 0 Å². The molecule has 3 rings (SSSR count). The lowest BCUT2D eigenvalue weighted by Gasteiger charge is -2.07. The summed E-state index contributed by atoms with van der Waals surface area (Å²) in [4.78, 5) is 12.2. The molecule has 0 fully saturated rings. The summed E-state index contributed by atoms with van der Waals surface area (Å²) in [6, 6.07) is 18.2. The Morgan fingerprint density at radius 1 is 0.960 bits per heavy atom. The van der Waals surface area contributed by atoms with Gasteiger partial charge in [-0.1, -0.05) is 18.2 Å². The van der Waals surface area contributed by atoms with Gasteiger partial charge >= 0.3 is 5.97 Å². The second-order valence-electron chi connectivity index (χ2n) is 5.19. The predicted molar refractivity (Wildman–Crippen MR) is 99.3 cm³/mol. The molecule has 126 valence electrons. The molecular formula is C20H16O4S. The second-order valence-corrected chi connectivity index (χ2v) is 6.13. The largest absolute Gasteiger partial charge is 0.497 e. The van der Waals surface area contributed by atoms with E-state index in [1.165, 1.54) is 11.3 Å². The van der Waals surface area contributed by atoms with Crippen molar-refractivity contribution in [2.24, 2.45) is 0 Å². The van der Waals surface area contributed by atoms with Crippen molar-refractivity contribution in [3.05, 3.63) is 76.5 Å². The number of ether oxygens (including phenoxy) is 2. The van der Waals surface area contributed by atoms with E-state index in [2.05, 4.69) is 0 Å². The Bertz CT molecular complexity index is 863. The van der Waals surface area contributed by atoms with Crippen LogP contribution in [0.4, 0.5) is 0 Å². The molecule has 0 unspecified atom stereocenters. The molecule has 1 aromatic heterocycles. The molecule has 5 heteroatoms. The number of carbonyl (C=O) groups is 1. The van der Waals surface area contributed by atoms with Gasteiger partial charge in [-0.15, -0.1) is 11.3 Å². The van der Waals surface area contributed by atoms with Gasteiger partial charge in [-0.3, -0.25) is 0 Å². The smallest absolute Gasteiger partial charge is 0.337 e. The maximum Gasteiger partial charge on any atom is 0.337 e. The van der Waals surface area contributed by atoms with Crippen LogP contribution >= 0.6 is 11.3 Å². The predicted octanol–water partition coefficient (Wildman–Crippen LogP) is 5.17. The van der Waals surface area contributed by atoms with Gasteiger partial charge in [0.25, 0.3) is 0 Å². The Morgan fingerprint density at radius 3 is 2.08 bits per heavy atom. The van der Waals surface area contributed by atoms with Crippen molar-refractivity contribution in [2.45, 2.75) is 0 Å². The Kier molecular flexibility index (Phi) is 5.16. The third kappa shape index (κ3) is 4.28. The number of hydrogen-bond donors (Lipinski definition) is 1. The van der Waals surface area contributed by atoms with Crippen molar-refractivity contribution in [3.8, 4) is 17.2 Å². The van der Waals surface area contributed by atoms with Crippen LogP contribution in [0.1, 0.15) is 10.4 Å². The highest BCUT2D eigenvalue weighted by Gasteiger charge is 2.11. The monoisotopic (exact) mass is 352 g/mol. The topological polar surface area (TPSA) is 55.8 Å². The average molecular weight is 352 g/mol. The Labute approximate surface area is 149 Å². The van der Waals surface area contributed by atoms with Crippen LogP contribution in [0.3, 0.4) is 0 Å². The zero-order valence-corrected chi connectivity index (χ0v) is 14.3. The summed E-state index contributed by atoms with van der Waals surface area (Å²) in [6.45, 7) is 0. The number of thiophene rings is 1. The molecule has 0 amide bonds. The van der Waals surface area contributed by atoms with Crippen LogP contribution in [-0.2, 0) is 4.79 Å². The molecule has 25 heavy (non-hydrogen) atoms. The maximum absolute atomic E-state index is 11.5. The van der Waals surface area contributed by atoms with Crippen molar-refractivity contribution in [3.63, 3.8) is 0 Å². The van der Waals surface area contributed by atoms with E-state index >= 15 is 0 Å². The molecule has 0 spiro atoms. The lowest BCUT2D eigenvalue weighted by molar-refractivity contribution is -0.130. The molecule has 0 radical (unpaired) electrons. The van der Waals surface area contributed by atoms with Crippen LogP contribution in [0.15, 0.2) is 66.0 Å². The zero-order valence-electron chi connectivity index (χ0n) is 13.5. The summed E-state index contributed by atoms with van der Waals surface area (Å²) in [5.41, 5.74) is 1.08. The van der Waals surface area contributed by atoms with Crippen LogP contribution in [0.5, 0.6) is 17.2 Å². The highest BCUT2D eigenvalue weighted by Crippen LogP contribution is 2.26. The minimum absolute atomic E-state index is 0.277. The van der Waals surface area contributed by atoms with Crippen LogP contribution in [0.25, 0.3) is 11.6 Å². The number of hydrogen-bond acceptors (Lipinski definition) is 4. The summed E-state index contributed by atoms with van der Waals surface area (Å²) < 4.78 is 10.9. The summed E-state index contributed by atoms with van der Waals surface area (Å²) >= 11 is 1.40. The standard InChI is InChI=1S/C20H16O4S/c1-23-15-8-10-17(11-9-15)24-16-6-4-14(5-7-16)13-18(20(21)22)19-3-2-12-25-19/h2-13H,1H3,(H,21,22)/b18-13-. The lowest BCUT2D eigenvalue weighted by Crippen LogP contribution is -1.97. The number of rotatable bonds is 6. The number of aliphatic carboxylic acids is 1. The molecule has 0 aliphatic rings.